The molecule has 2 N–H and O–H groups in total. The van der Waals surface area contributed by atoms with Crippen molar-refractivity contribution in [3.8, 4) is 5.75 Å². The summed E-state index contributed by atoms with van der Waals surface area (Å²) in [6, 6.07) is 4.34. The molecule has 3 nitrogen and oxygen atoms in total. The zero-order valence-corrected chi connectivity index (χ0v) is 12.4. The third kappa shape index (κ3) is 3.87. The third-order valence-electron chi connectivity index (χ3n) is 3.95. The van der Waals surface area contributed by atoms with E-state index in [4.69, 9.17) is 4.74 Å². The summed E-state index contributed by atoms with van der Waals surface area (Å²) in [6.07, 6.45) is 3.87. The number of methoxy groups -OCH3 is 1. The third-order valence-corrected chi connectivity index (χ3v) is 3.95. The molecule has 2 rings (SSSR count). The summed E-state index contributed by atoms with van der Waals surface area (Å²) in [5.41, 5.74) is 3.61. The lowest BCUT2D eigenvalue weighted by atomic mass is 9.95. The van der Waals surface area contributed by atoms with Crippen molar-refractivity contribution in [2.24, 2.45) is 5.92 Å². The minimum Gasteiger partial charge on any atom is -0.494 e. The smallest absolute Gasteiger partial charge is 0.144 e. The van der Waals surface area contributed by atoms with Crippen molar-refractivity contribution < 1.29 is 4.74 Å². The molecule has 0 atom stereocenters. The van der Waals surface area contributed by atoms with E-state index in [1.807, 2.05) is 0 Å². The van der Waals surface area contributed by atoms with Gasteiger partial charge in [-0.2, -0.15) is 0 Å². The molecule has 1 aliphatic heterocycles. The maximum Gasteiger partial charge on any atom is 0.144 e. The molecule has 0 bridgehead atoms. The van der Waals surface area contributed by atoms with Crippen LogP contribution in [0.15, 0.2) is 12.1 Å². The minimum atomic E-state index is 0.866. The van der Waals surface area contributed by atoms with Crippen LogP contribution in [0.1, 0.15) is 30.4 Å². The first kappa shape index (κ1) is 14.2. The van der Waals surface area contributed by atoms with Crippen LogP contribution in [0.2, 0.25) is 0 Å². The number of benzene rings is 1. The summed E-state index contributed by atoms with van der Waals surface area (Å²) in [4.78, 5) is 0. The van der Waals surface area contributed by atoms with E-state index in [0.29, 0.717) is 0 Å². The van der Waals surface area contributed by atoms with E-state index in [9.17, 15) is 0 Å². The molecule has 3 heteroatoms. The second-order valence-corrected chi connectivity index (χ2v) is 5.57. The molecule has 106 valence electrons. The summed E-state index contributed by atoms with van der Waals surface area (Å²) < 4.78 is 5.50. The highest BCUT2D eigenvalue weighted by Crippen LogP contribution is 2.30. The largest absolute Gasteiger partial charge is 0.494 e. The number of nitrogens with one attached hydrogen (secondary N) is 2. The standard InChI is InChI=1S/C16H26N2O/c1-12-10-13(2)16(19-3)15(11-12)18-9-6-14-4-7-17-8-5-14/h10-11,14,17-18H,4-9H2,1-3H3. The topological polar surface area (TPSA) is 33.3 Å². The molecule has 0 radical (unpaired) electrons. The van der Waals surface area contributed by atoms with Gasteiger partial charge in [-0.25, -0.2) is 0 Å². The van der Waals surface area contributed by atoms with E-state index in [2.05, 4.69) is 36.6 Å². The minimum absolute atomic E-state index is 0.866. The number of ether oxygens (including phenoxy) is 1. The van der Waals surface area contributed by atoms with Gasteiger partial charge in [0.05, 0.1) is 12.8 Å². The molecule has 1 aromatic carbocycles. The van der Waals surface area contributed by atoms with Gasteiger partial charge in [0.25, 0.3) is 0 Å². The zero-order chi connectivity index (χ0) is 13.7. The van der Waals surface area contributed by atoms with Crippen molar-refractivity contribution in [2.45, 2.75) is 33.1 Å². The van der Waals surface area contributed by atoms with Crippen LogP contribution in [0.4, 0.5) is 5.69 Å². The van der Waals surface area contributed by atoms with Crippen LogP contribution in [-0.4, -0.2) is 26.7 Å². The molecule has 19 heavy (non-hydrogen) atoms. The fourth-order valence-corrected chi connectivity index (χ4v) is 2.94. The van der Waals surface area contributed by atoms with Crippen molar-refractivity contribution >= 4 is 5.69 Å². The lowest BCUT2D eigenvalue weighted by molar-refractivity contribution is 0.360. The molecule has 1 fully saturated rings. The molecule has 1 aromatic rings. The summed E-state index contributed by atoms with van der Waals surface area (Å²) >= 11 is 0. The molecule has 0 aromatic heterocycles. The summed E-state index contributed by atoms with van der Waals surface area (Å²) in [6.45, 7) is 7.62. The number of anilines is 1. The van der Waals surface area contributed by atoms with Gasteiger partial charge >= 0.3 is 0 Å². The quantitative estimate of drug-likeness (QED) is 0.855. The van der Waals surface area contributed by atoms with Crippen molar-refractivity contribution in [3.63, 3.8) is 0 Å². The summed E-state index contributed by atoms with van der Waals surface area (Å²) in [5, 5.41) is 6.96. The molecule has 0 aliphatic carbocycles. The number of piperidine rings is 1. The van der Waals surface area contributed by atoms with Gasteiger partial charge in [-0.15, -0.1) is 0 Å². The molecule has 0 amide bonds. The molecule has 1 saturated heterocycles. The Labute approximate surface area is 116 Å². The molecular formula is C16H26N2O. The predicted octanol–water partition coefficient (Wildman–Crippen LogP) is 3.11. The van der Waals surface area contributed by atoms with E-state index in [1.165, 1.54) is 43.5 Å². The van der Waals surface area contributed by atoms with Gasteiger partial charge in [0.2, 0.25) is 0 Å². The molecular weight excluding hydrogens is 236 g/mol. The highest BCUT2D eigenvalue weighted by molar-refractivity contribution is 5.61. The lowest BCUT2D eigenvalue weighted by Gasteiger charge is -2.23. The van der Waals surface area contributed by atoms with Gasteiger partial charge in [0.1, 0.15) is 5.75 Å². The SMILES string of the molecule is COc1c(C)cc(C)cc1NCCC1CCNCC1. The fraction of sp³-hybridized carbons (Fsp3) is 0.625. The molecule has 1 aliphatic rings. The second kappa shape index (κ2) is 6.80. The fourth-order valence-electron chi connectivity index (χ4n) is 2.94. The Kier molecular flexibility index (Phi) is 5.08. The first-order valence-electron chi connectivity index (χ1n) is 7.30. The van der Waals surface area contributed by atoms with Crippen molar-refractivity contribution in [1.82, 2.24) is 5.32 Å². The number of hydrogen-bond donors (Lipinski definition) is 2. The molecule has 1 heterocycles. The number of rotatable bonds is 5. The highest BCUT2D eigenvalue weighted by atomic mass is 16.5. The van der Waals surface area contributed by atoms with Crippen LogP contribution in [0.3, 0.4) is 0 Å². The van der Waals surface area contributed by atoms with Crippen molar-refractivity contribution in [1.29, 1.82) is 0 Å². The Hall–Kier alpha value is -1.22. The van der Waals surface area contributed by atoms with Crippen LogP contribution in [0.25, 0.3) is 0 Å². The van der Waals surface area contributed by atoms with Crippen LogP contribution in [0.5, 0.6) is 5.75 Å². The van der Waals surface area contributed by atoms with Crippen LogP contribution in [0, 0.1) is 19.8 Å². The first-order chi connectivity index (χ1) is 9.20. The van der Waals surface area contributed by atoms with Gasteiger partial charge in [-0.3, -0.25) is 0 Å². The van der Waals surface area contributed by atoms with Crippen LogP contribution < -0.4 is 15.4 Å². The summed E-state index contributed by atoms with van der Waals surface area (Å²) in [5.74, 6) is 1.85. The van der Waals surface area contributed by atoms with Gasteiger partial charge in [0.15, 0.2) is 0 Å². The maximum absolute atomic E-state index is 5.50. The predicted molar refractivity (Wildman–Crippen MR) is 81.2 cm³/mol. The lowest BCUT2D eigenvalue weighted by Crippen LogP contribution is -2.28. The van der Waals surface area contributed by atoms with Gasteiger partial charge in [0, 0.05) is 6.54 Å². The van der Waals surface area contributed by atoms with Crippen LogP contribution >= 0.6 is 0 Å². The summed E-state index contributed by atoms with van der Waals surface area (Å²) in [7, 11) is 1.75. The number of aryl methyl sites for hydroxylation is 2. The van der Waals surface area contributed by atoms with E-state index in [1.54, 1.807) is 7.11 Å². The van der Waals surface area contributed by atoms with E-state index in [-0.39, 0.29) is 0 Å². The molecule has 0 unspecified atom stereocenters. The van der Waals surface area contributed by atoms with E-state index >= 15 is 0 Å². The van der Waals surface area contributed by atoms with E-state index < -0.39 is 0 Å². The maximum atomic E-state index is 5.50. The Bertz CT molecular complexity index is 411. The number of hydrogen-bond acceptors (Lipinski definition) is 3. The Morgan fingerprint density at radius 2 is 2.00 bits per heavy atom. The van der Waals surface area contributed by atoms with Gasteiger partial charge in [-0.05, 0) is 69.3 Å². The zero-order valence-electron chi connectivity index (χ0n) is 12.4. The van der Waals surface area contributed by atoms with Crippen LogP contribution in [-0.2, 0) is 0 Å². The Balaban J connectivity index is 1.91. The van der Waals surface area contributed by atoms with Gasteiger partial charge < -0.3 is 15.4 Å². The average molecular weight is 262 g/mol. The Morgan fingerprint density at radius 1 is 1.26 bits per heavy atom. The second-order valence-electron chi connectivity index (χ2n) is 5.57. The first-order valence-corrected chi connectivity index (χ1v) is 7.30. The van der Waals surface area contributed by atoms with Crippen molar-refractivity contribution in [2.75, 3.05) is 32.1 Å². The normalized spacial score (nSPS) is 16.4. The average Bonchev–Trinajstić information content (AvgIpc) is 2.39. The molecule has 0 saturated carbocycles. The van der Waals surface area contributed by atoms with Crippen molar-refractivity contribution in [3.05, 3.63) is 23.3 Å². The monoisotopic (exact) mass is 262 g/mol. The van der Waals surface area contributed by atoms with Gasteiger partial charge in [-0.1, -0.05) is 6.07 Å². The Morgan fingerprint density at radius 3 is 2.68 bits per heavy atom. The molecule has 0 spiro atoms. The highest BCUT2D eigenvalue weighted by Gasteiger charge is 2.13. The van der Waals surface area contributed by atoms with E-state index in [0.717, 1.165) is 23.9 Å².